The Morgan fingerprint density at radius 3 is 1.42 bits per heavy atom. The van der Waals surface area contributed by atoms with Crippen LogP contribution in [0.4, 0.5) is 0 Å². The molecule has 2 saturated heterocycles. The van der Waals surface area contributed by atoms with Gasteiger partial charge in [-0.1, -0.05) is 24.4 Å². The Hall–Kier alpha value is 0.480. The van der Waals surface area contributed by atoms with Crippen LogP contribution in [-0.2, 0) is 0 Å². The van der Waals surface area contributed by atoms with Gasteiger partial charge in [-0.3, -0.25) is 0 Å². The summed E-state index contributed by atoms with van der Waals surface area (Å²) in [4.78, 5) is 4.33. The molecule has 2 nitrogen and oxygen atoms in total. The smallest absolute Gasteiger partial charge is 0.147 e. The summed E-state index contributed by atoms with van der Waals surface area (Å²) in [5.74, 6) is 0. The van der Waals surface area contributed by atoms with Gasteiger partial charge in [-0.2, -0.15) is 0 Å². The van der Waals surface area contributed by atoms with Crippen LogP contribution in [-0.4, -0.2) is 44.6 Å². The molecule has 0 atom stereocenters. The molecule has 0 spiro atoms. The van der Waals surface area contributed by atoms with Crippen molar-refractivity contribution >= 4 is 54.7 Å². The fourth-order valence-corrected chi connectivity index (χ4v) is 3.40. The van der Waals surface area contributed by atoms with Crippen LogP contribution >= 0.6 is 46.0 Å². The summed E-state index contributed by atoms with van der Waals surface area (Å²) >= 11 is 10.3. The van der Waals surface area contributed by atoms with Crippen LogP contribution in [0.2, 0.25) is 0 Å². The molecule has 0 aliphatic carbocycles. The third kappa shape index (κ3) is 2.48. The van der Waals surface area contributed by atoms with Crippen LogP contribution in [0.5, 0.6) is 0 Å². The van der Waals surface area contributed by atoms with E-state index in [0.29, 0.717) is 0 Å². The van der Waals surface area contributed by atoms with E-state index < -0.39 is 0 Å². The van der Waals surface area contributed by atoms with Gasteiger partial charge in [0.1, 0.15) is 8.64 Å². The zero-order valence-electron chi connectivity index (χ0n) is 6.36. The maximum Gasteiger partial charge on any atom is 0.147 e. The van der Waals surface area contributed by atoms with Crippen molar-refractivity contribution in [3.05, 3.63) is 0 Å². The molecule has 0 aromatic carbocycles. The predicted molar refractivity (Wildman–Crippen MR) is 63.5 cm³/mol. The molecule has 0 unspecified atom stereocenters. The highest BCUT2D eigenvalue weighted by Crippen LogP contribution is 2.31. The van der Waals surface area contributed by atoms with Crippen molar-refractivity contribution in [1.82, 2.24) is 9.80 Å². The molecular formula is C6H8N2S4. The summed E-state index contributed by atoms with van der Waals surface area (Å²) < 4.78 is 1.95. The summed E-state index contributed by atoms with van der Waals surface area (Å²) in [6.07, 6.45) is 0. The molecule has 6 heteroatoms. The Kier molecular flexibility index (Phi) is 2.78. The highest BCUT2D eigenvalue weighted by atomic mass is 33.1. The van der Waals surface area contributed by atoms with Gasteiger partial charge in [-0.25, -0.2) is 0 Å². The Bertz CT molecular complexity index is 198. The topological polar surface area (TPSA) is 6.02 Å². The number of rotatable bonds is 0. The number of thiocarbonyl (C=S) groups is 2. The number of hydrogen-bond donors (Lipinski definition) is 0. The molecule has 2 aliphatic rings. The first-order chi connectivity index (χ1) is 5.77. The molecular weight excluding hydrogens is 228 g/mol. The summed E-state index contributed by atoms with van der Waals surface area (Å²) in [5.41, 5.74) is 0. The zero-order chi connectivity index (χ0) is 8.55. The Labute approximate surface area is 90.4 Å². The van der Waals surface area contributed by atoms with Crippen LogP contribution < -0.4 is 0 Å². The van der Waals surface area contributed by atoms with Gasteiger partial charge >= 0.3 is 0 Å². The summed E-state index contributed by atoms with van der Waals surface area (Å²) in [6, 6.07) is 0. The zero-order valence-corrected chi connectivity index (χ0v) is 9.62. The number of hydrogen-bond acceptors (Lipinski definition) is 4. The normalized spacial score (nSPS) is 19.3. The first-order valence-corrected chi connectivity index (χ1v) is 6.66. The van der Waals surface area contributed by atoms with Crippen molar-refractivity contribution in [2.75, 3.05) is 26.2 Å². The van der Waals surface area contributed by atoms with Crippen LogP contribution in [0.1, 0.15) is 0 Å². The Morgan fingerprint density at radius 2 is 1.17 bits per heavy atom. The van der Waals surface area contributed by atoms with E-state index in [4.69, 9.17) is 24.4 Å². The van der Waals surface area contributed by atoms with Gasteiger partial charge in [0.25, 0.3) is 0 Å². The third-order valence-electron chi connectivity index (χ3n) is 1.60. The fourth-order valence-electron chi connectivity index (χ4n) is 0.642. The second-order valence-corrected chi connectivity index (χ2v) is 6.07. The largest absolute Gasteiger partial charge is 0.353 e. The maximum atomic E-state index is 5.16. The second-order valence-electron chi connectivity index (χ2n) is 2.67. The maximum absolute atomic E-state index is 5.16. The van der Waals surface area contributed by atoms with Crippen LogP contribution in [0, 0.1) is 0 Å². The van der Waals surface area contributed by atoms with Gasteiger partial charge in [0.2, 0.25) is 0 Å². The average molecular weight is 236 g/mol. The van der Waals surface area contributed by atoms with Gasteiger partial charge < -0.3 is 9.80 Å². The SMILES string of the molecule is S=C(SSC(=S)N1CC1)N1CC1. The van der Waals surface area contributed by atoms with E-state index in [1.54, 1.807) is 21.6 Å². The van der Waals surface area contributed by atoms with E-state index in [2.05, 4.69) is 9.80 Å². The molecule has 0 bridgehead atoms. The lowest BCUT2D eigenvalue weighted by atomic mass is 11.0. The fraction of sp³-hybridized carbons (Fsp3) is 0.667. The van der Waals surface area contributed by atoms with E-state index in [0.717, 1.165) is 34.8 Å². The van der Waals surface area contributed by atoms with Gasteiger partial charge in [0.15, 0.2) is 0 Å². The lowest BCUT2D eigenvalue weighted by Gasteiger charge is -2.04. The molecule has 0 amide bonds. The molecule has 12 heavy (non-hydrogen) atoms. The molecule has 2 fully saturated rings. The molecule has 2 aliphatic heterocycles. The summed E-state index contributed by atoms with van der Waals surface area (Å²) in [6.45, 7) is 4.51. The minimum Gasteiger partial charge on any atom is -0.353 e. The van der Waals surface area contributed by atoms with E-state index in [-0.39, 0.29) is 0 Å². The van der Waals surface area contributed by atoms with Crippen LogP contribution in [0.25, 0.3) is 0 Å². The van der Waals surface area contributed by atoms with Crippen molar-refractivity contribution in [1.29, 1.82) is 0 Å². The lowest BCUT2D eigenvalue weighted by Crippen LogP contribution is -2.04. The van der Waals surface area contributed by atoms with Gasteiger partial charge in [0.05, 0.1) is 0 Å². The van der Waals surface area contributed by atoms with Crippen molar-refractivity contribution < 1.29 is 0 Å². The lowest BCUT2D eigenvalue weighted by molar-refractivity contribution is 0.884. The summed E-state index contributed by atoms with van der Waals surface area (Å²) in [7, 11) is 3.23. The van der Waals surface area contributed by atoms with E-state index in [1.165, 1.54) is 0 Å². The highest BCUT2D eigenvalue weighted by Gasteiger charge is 2.25. The first kappa shape index (κ1) is 9.05. The standard InChI is InChI=1S/C6H8N2S4/c9-5(7-1-2-7)11-12-6(10)8-3-4-8/h1-4H2. The van der Waals surface area contributed by atoms with Crippen LogP contribution in [0.15, 0.2) is 0 Å². The van der Waals surface area contributed by atoms with E-state index >= 15 is 0 Å². The van der Waals surface area contributed by atoms with Crippen molar-refractivity contribution in [3.63, 3.8) is 0 Å². The monoisotopic (exact) mass is 236 g/mol. The first-order valence-electron chi connectivity index (χ1n) is 3.70. The second kappa shape index (κ2) is 3.69. The highest BCUT2D eigenvalue weighted by molar-refractivity contribution is 8.89. The van der Waals surface area contributed by atoms with Crippen LogP contribution in [0.3, 0.4) is 0 Å². The minimum atomic E-state index is 0.976. The van der Waals surface area contributed by atoms with Crippen molar-refractivity contribution in [2.24, 2.45) is 0 Å². The molecule has 66 valence electrons. The van der Waals surface area contributed by atoms with E-state index in [1.807, 2.05) is 0 Å². The molecule has 0 N–H and O–H groups in total. The van der Waals surface area contributed by atoms with Gasteiger partial charge in [-0.05, 0) is 21.6 Å². The third-order valence-corrected chi connectivity index (χ3v) is 5.33. The molecule has 0 aromatic heterocycles. The van der Waals surface area contributed by atoms with Gasteiger partial charge in [-0.15, -0.1) is 0 Å². The predicted octanol–water partition coefficient (Wildman–Crippen LogP) is 1.57. The average Bonchev–Trinajstić information content (AvgIpc) is 2.91. The van der Waals surface area contributed by atoms with Crippen molar-refractivity contribution in [3.8, 4) is 0 Å². The molecule has 2 rings (SSSR count). The molecule has 0 aromatic rings. The van der Waals surface area contributed by atoms with Gasteiger partial charge in [0, 0.05) is 26.2 Å². The van der Waals surface area contributed by atoms with Crippen molar-refractivity contribution in [2.45, 2.75) is 0 Å². The quantitative estimate of drug-likeness (QED) is 0.355. The molecule has 2 heterocycles. The molecule has 0 radical (unpaired) electrons. The Morgan fingerprint density at radius 1 is 0.833 bits per heavy atom. The summed E-state index contributed by atoms with van der Waals surface area (Å²) in [5, 5.41) is 0. The molecule has 0 saturated carbocycles. The number of nitrogens with zero attached hydrogens (tertiary/aromatic N) is 2. The van der Waals surface area contributed by atoms with E-state index in [9.17, 15) is 0 Å². The Balaban J connectivity index is 1.66. The minimum absolute atomic E-state index is 0.976.